The number of halogens is 1. The van der Waals surface area contributed by atoms with Crippen LogP contribution in [0.1, 0.15) is 6.42 Å². The molecule has 0 aliphatic carbocycles. The Morgan fingerprint density at radius 1 is 1.09 bits per heavy atom. The van der Waals surface area contributed by atoms with Crippen molar-refractivity contribution in [1.29, 1.82) is 0 Å². The zero-order valence-electron chi connectivity index (χ0n) is 19.3. The molecule has 11 heteroatoms. The summed E-state index contributed by atoms with van der Waals surface area (Å²) in [5.74, 6) is -0.497. The van der Waals surface area contributed by atoms with Gasteiger partial charge in [0.1, 0.15) is 36.7 Å². The topological polar surface area (TPSA) is 115 Å². The van der Waals surface area contributed by atoms with Crippen LogP contribution in [-0.2, 0) is 19.1 Å². The molecule has 1 aromatic heterocycles. The van der Waals surface area contributed by atoms with Crippen LogP contribution in [0, 0.1) is 5.82 Å². The number of methoxy groups -OCH3 is 1. The van der Waals surface area contributed by atoms with Crippen LogP contribution in [0.25, 0.3) is 10.9 Å². The number of nitrogens with one attached hydrogen (secondary N) is 2. The number of carbonyl (C=O) groups is 2. The average Bonchev–Trinajstić information content (AvgIpc) is 2.86. The van der Waals surface area contributed by atoms with Crippen LogP contribution < -0.4 is 15.4 Å². The first kappa shape index (κ1) is 24.3. The molecule has 0 unspecified atom stereocenters. The summed E-state index contributed by atoms with van der Waals surface area (Å²) < 4.78 is 30.5. The molecule has 35 heavy (non-hydrogen) atoms. The second-order valence-electron chi connectivity index (χ2n) is 7.78. The number of anilines is 3. The van der Waals surface area contributed by atoms with Crippen molar-refractivity contribution < 1.29 is 28.2 Å². The number of carbonyl (C=O) groups excluding carboxylic acids is 2. The summed E-state index contributed by atoms with van der Waals surface area (Å²) >= 11 is 0. The third-order valence-electron chi connectivity index (χ3n) is 5.33. The number of fused-ring (bicyclic) bond motifs is 1. The Bertz CT molecular complexity index is 1180. The normalized spacial score (nSPS) is 13.5. The van der Waals surface area contributed by atoms with E-state index in [2.05, 4.69) is 20.6 Å². The molecular formula is C24H26FN5O5. The van der Waals surface area contributed by atoms with E-state index in [1.165, 1.54) is 12.4 Å². The molecule has 3 aromatic rings. The molecule has 184 valence electrons. The predicted octanol–water partition coefficient (Wildman–Crippen LogP) is 2.73. The second kappa shape index (κ2) is 11.5. The number of aromatic nitrogens is 2. The van der Waals surface area contributed by atoms with E-state index in [-0.39, 0.29) is 17.7 Å². The SMILES string of the molecule is COCCOc1cc(F)c2c(Nc3ccc(NC(=O)CC(=O)N4CCOCC4)cc3)ncnc2c1. The molecule has 2 amide bonds. The predicted molar refractivity (Wildman–Crippen MR) is 127 cm³/mol. The first-order valence-electron chi connectivity index (χ1n) is 11.1. The summed E-state index contributed by atoms with van der Waals surface area (Å²) in [6, 6.07) is 9.71. The maximum absolute atomic E-state index is 14.8. The number of nitrogens with zero attached hydrogens (tertiary/aromatic N) is 3. The Morgan fingerprint density at radius 2 is 1.83 bits per heavy atom. The van der Waals surface area contributed by atoms with E-state index in [1.807, 2.05) is 0 Å². The van der Waals surface area contributed by atoms with Crippen molar-refractivity contribution in [2.75, 3.05) is 57.3 Å². The van der Waals surface area contributed by atoms with Gasteiger partial charge in [-0.3, -0.25) is 9.59 Å². The number of morpholine rings is 1. The molecule has 0 atom stereocenters. The molecule has 0 radical (unpaired) electrons. The van der Waals surface area contributed by atoms with Crippen molar-refractivity contribution in [3.05, 3.63) is 48.5 Å². The second-order valence-corrected chi connectivity index (χ2v) is 7.78. The Balaban J connectivity index is 1.39. The van der Waals surface area contributed by atoms with Gasteiger partial charge in [0.05, 0.1) is 30.7 Å². The summed E-state index contributed by atoms with van der Waals surface area (Å²) in [6.07, 6.45) is 1.10. The zero-order valence-corrected chi connectivity index (χ0v) is 19.3. The van der Waals surface area contributed by atoms with Gasteiger partial charge in [-0.2, -0.15) is 0 Å². The van der Waals surface area contributed by atoms with Crippen molar-refractivity contribution in [2.45, 2.75) is 6.42 Å². The van der Waals surface area contributed by atoms with Gasteiger partial charge in [-0.25, -0.2) is 14.4 Å². The van der Waals surface area contributed by atoms with Crippen LogP contribution >= 0.6 is 0 Å². The maximum atomic E-state index is 14.8. The van der Waals surface area contributed by atoms with Crippen LogP contribution in [0.5, 0.6) is 5.75 Å². The van der Waals surface area contributed by atoms with Crippen molar-refractivity contribution in [3.63, 3.8) is 0 Å². The monoisotopic (exact) mass is 483 g/mol. The molecule has 0 saturated carbocycles. The number of rotatable bonds is 9. The van der Waals surface area contributed by atoms with E-state index in [0.717, 1.165) is 0 Å². The maximum Gasteiger partial charge on any atom is 0.233 e. The van der Waals surface area contributed by atoms with Gasteiger partial charge < -0.3 is 29.7 Å². The molecule has 1 saturated heterocycles. The van der Waals surface area contributed by atoms with Gasteiger partial charge in [-0.15, -0.1) is 0 Å². The van der Waals surface area contributed by atoms with Crippen molar-refractivity contribution in [2.24, 2.45) is 0 Å². The molecule has 0 bridgehead atoms. The van der Waals surface area contributed by atoms with E-state index < -0.39 is 11.7 Å². The molecule has 0 spiro atoms. The molecule has 1 fully saturated rings. The van der Waals surface area contributed by atoms with E-state index in [1.54, 1.807) is 42.3 Å². The third-order valence-corrected chi connectivity index (χ3v) is 5.33. The Morgan fingerprint density at radius 3 is 2.57 bits per heavy atom. The Hall–Kier alpha value is -3.83. The highest BCUT2D eigenvalue weighted by Gasteiger charge is 2.19. The van der Waals surface area contributed by atoms with Gasteiger partial charge in [0.15, 0.2) is 0 Å². The van der Waals surface area contributed by atoms with E-state index in [9.17, 15) is 14.0 Å². The summed E-state index contributed by atoms with van der Waals surface area (Å²) in [5.41, 5.74) is 1.56. The molecule has 2 aromatic carbocycles. The van der Waals surface area contributed by atoms with Crippen molar-refractivity contribution in [3.8, 4) is 5.75 Å². The highest BCUT2D eigenvalue weighted by atomic mass is 19.1. The van der Waals surface area contributed by atoms with Crippen molar-refractivity contribution in [1.82, 2.24) is 14.9 Å². The molecule has 1 aliphatic rings. The fourth-order valence-corrected chi connectivity index (χ4v) is 3.58. The first-order valence-corrected chi connectivity index (χ1v) is 11.1. The van der Waals surface area contributed by atoms with E-state index in [4.69, 9.17) is 14.2 Å². The summed E-state index contributed by atoms with van der Waals surface area (Å²) in [7, 11) is 1.56. The van der Waals surface area contributed by atoms with Crippen LogP contribution in [-0.4, -0.2) is 73.3 Å². The van der Waals surface area contributed by atoms with Gasteiger partial charge in [-0.05, 0) is 24.3 Å². The van der Waals surface area contributed by atoms with Crippen LogP contribution in [0.15, 0.2) is 42.7 Å². The molecule has 2 N–H and O–H groups in total. The molecular weight excluding hydrogens is 457 g/mol. The lowest BCUT2D eigenvalue weighted by Crippen LogP contribution is -2.41. The molecule has 10 nitrogen and oxygen atoms in total. The molecule has 4 rings (SSSR count). The fraction of sp³-hybridized carbons (Fsp3) is 0.333. The standard InChI is InChI=1S/C24H26FN5O5/c1-33-10-11-35-18-12-19(25)23-20(13-18)26-15-27-24(23)29-17-4-2-16(3-5-17)28-21(31)14-22(32)30-6-8-34-9-7-30/h2-5,12-13,15H,6-11,14H2,1H3,(H,28,31)(H,26,27,29). The van der Waals surface area contributed by atoms with Crippen LogP contribution in [0.4, 0.5) is 21.6 Å². The first-order chi connectivity index (χ1) is 17.0. The highest BCUT2D eigenvalue weighted by Crippen LogP contribution is 2.29. The van der Waals surface area contributed by atoms with E-state index in [0.29, 0.717) is 68.0 Å². The Labute approximate surface area is 201 Å². The number of hydrogen-bond acceptors (Lipinski definition) is 8. The van der Waals surface area contributed by atoms with Gasteiger partial charge >= 0.3 is 0 Å². The Kier molecular flexibility index (Phi) is 8.01. The largest absolute Gasteiger partial charge is 0.491 e. The lowest BCUT2D eigenvalue weighted by Gasteiger charge is -2.26. The minimum absolute atomic E-state index is 0.227. The molecule has 1 aliphatic heterocycles. The lowest BCUT2D eigenvalue weighted by molar-refractivity contribution is -0.138. The minimum Gasteiger partial charge on any atom is -0.491 e. The number of benzene rings is 2. The summed E-state index contributed by atoms with van der Waals surface area (Å²) in [6.45, 7) is 2.63. The van der Waals surface area contributed by atoms with Gasteiger partial charge in [0.25, 0.3) is 0 Å². The summed E-state index contributed by atoms with van der Waals surface area (Å²) in [4.78, 5) is 34.4. The summed E-state index contributed by atoms with van der Waals surface area (Å²) in [5, 5.41) is 6.02. The molecule has 2 heterocycles. The minimum atomic E-state index is -0.521. The number of ether oxygens (including phenoxy) is 3. The smallest absolute Gasteiger partial charge is 0.233 e. The van der Waals surface area contributed by atoms with Gasteiger partial charge in [0, 0.05) is 43.7 Å². The lowest BCUT2D eigenvalue weighted by atomic mass is 10.2. The fourth-order valence-electron chi connectivity index (χ4n) is 3.58. The zero-order chi connectivity index (χ0) is 24.6. The van der Waals surface area contributed by atoms with Crippen LogP contribution in [0.3, 0.4) is 0 Å². The average molecular weight is 484 g/mol. The third kappa shape index (κ3) is 6.40. The van der Waals surface area contributed by atoms with Crippen molar-refractivity contribution >= 4 is 39.9 Å². The van der Waals surface area contributed by atoms with Gasteiger partial charge in [-0.1, -0.05) is 0 Å². The number of hydrogen-bond donors (Lipinski definition) is 2. The van der Waals surface area contributed by atoms with E-state index >= 15 is 0 Å². The van der Waals surface area contributed by atoms with Crippen LogP contribution in [0.2, 0.25) is 0 Å². The van der Waals surface area contributed by atoms with Gasteiger partial charge in [0.2, 0.25) is 11.8 Å². The highest BCUT2D eigenvalue weighted by molar-refractivity contribution is 6.03. The quantitative estimate of drug-likeness (QED) is 0.353. The number of amides is 2.